The number of aliphatic carboxylic acids is 4. The van der Waals surface area contributed by atoms with Crippen LogP contribution in [0.15, 0.2) is 72.8 Å². The zero-order valence-corrected chi connectivity index (χ0v) is 36.2. The fourth-order valence-electron chi connectivity index (χ4n) is 5.43. The van der Waals surface area contributed by atoms with Crippen molar-refractivity contribution in [2.75, 3.05) is 31.5 Å². The van der Waals surface area contributed by atoms with Crippen molar-refractivity contribution in [3.8, 4) is 0 Å². The van der Waals surface area contributed by atoms with Crippen molar-refractivity contribution >= 4 is 59.1 Å². The molecule has 0 heterocycles. The number of carbonyl (C=O) groups is 9. The normalized spacial score (nSPS) is 9.71. The van der Waals surface area contributed by atoms with Crippen LogP contribution in [-0.2, 0) is 24.0 Å². The molecule has 0 aromatic heterocycles. The predicted octanol–water partition coefficient (Wildman–Crippen LogP) is 4.12. The molecule has 4 aromatic rings. The third-order valence-corrected chi connectivity index (χ3v) is 8.46. The van der Waals surface area contributed by atoms with Gasteiger partial charge in [-0.3, -0.25) is 43.2 Å². The van der Waals surface area contributed by atoms with Crippen LogP contribution in [0.3, 0.4) is 0 Å². The van der Waals surface area contributed by atoms with Crippen molar-refractivity contribution in [1.29, 1.82) is 0 Å². The minimum Gasteiger partial charge on any atom is -0.480 e. The molecule has 18 heteroatoms. The number of hydrogen-bond donors (Lipinski definition) is 9. The Bertz CT molecular complexity index is 2320. The average Bonchev–Trinajstić information content (AvgIpc) is 3.19. The number of benzene rings is 4. The lowest BCUT2D eigenvalue weighted by Crippen LogP contribution is -2.30. The highest BCUT2D eigenvalue weighted by molar-refractivity contribution is 6.01. The molecule has 0 aliphatic heterocycles. The molecule has 9 N–H and O–H groups in total. The van der Waals surface area contributed by atoms with Crippen molar-refractivity contribution in [3.63, 3.8) is 0 Å². The minimum absolute atomic E-state index is 0.235. The third-order valence-electron chi connectivity index (χ3n) is 8.46. The lowest BCUT2D eigenvalue weighted by atomic mass is 10.0. The van der Waals surface area contributed by atoms with E-state index in [1.54, 1.807) is 37.3 Å². The highest BCUT2D eigenvalue weighted by atomic mass is 16.4. The zero-order valence-electron chi connectivity index (χ0n) is 36.2. The van der Waals surface area contributed by atoms with Gasteiger partial charge in [0.1, 0.15) is 26.2 Å². The van der Waals surface area contributed by atoms with Gasteiger partial charge in [-0.05, 0) is 101 Å². The fourth-order valence-corrected chi connectivity index (χ4v) is 5.43. The maximum atomic E-state index is 11.7. The van der Waals surface area contributed by atoms with Gasteiger partial charge >= 0.3 is 23.9 Å². The van der Waals surface area contributed by atoms with Crippen LogP contribution in [0.1, 0.15) is 87.3 Å². The number of rotatable bonds is 13. The molecular formula is C45H53N5O13. The first kappa shape index (κ1) is 53.1. The van der Waals surface area contributed by atoms with Crippen molar-refractivity contribution in [2.45, 2.75) is 55.4 Å². The minimum atomic E-state index is -1.11. The van der Waals surface area contributed by atoms with Gasteiger partial charge in [-0.25, -0.2) is 0 Å². The summed E-state index contributed by atoms with van der Waals surface area (Å²) in [4.78, 5) is 98.5. The Morgan fingerprint density at radius 3 is 1.30 bits per heavy atom. The number of aryl methyl sites for hydroxylation is 6. The van der Waals surface area contributed by atoms with E-state index in [-0.39, 0.29) is 43.3 Å². The summed E-state index contributed by atoms with van der Waals surface area (Å²) >= 11 is 0. The van der Waals surface area contributed by atoms with Gasteiger partial charge in [0.15, 0.2) is 0 Å². The van der Waals surface area contributed by atoms with Crippen LogP contribution in [0, 0.1) is 48.5 Å². The molecule has 4 rings (SSSR count). The Morgan fingerprint density at radius 2 is 0.841 bits per heavy atom. The van der Waals surface area contributed by atoms with Crippen LogP contribution >= 0.6 is 0 Å². The molecular weight excluding hydrogens is 819 g/mol. The van der Waals surface area contributed by atoms with Gasteiger partial charge < -0.3 is 47.0 Å². The van der Waals surface area contributed by atoms with Gasteiger partial charge in [0.05, 0.1) is 0 Å². The van der Waals surface area contributed by atoms with Crippen molar-refractivity contribution in [3.05, 3.63) is 134 Å². The maximum Gasteiger partial charge on any atom is 0.322 e. The second kappa shape index (κ2) is 26.3. The number of anilines is 1. The SMILES string of the molecule is CC(=O)Nc1cccc(C(=O)NCC(=O)O)c1C.Cc1ccc(C(=O)NCC(=O)O)c(C)c1.Cc1ccc(C)c(C(=O)NCC(=O)O)c1.Cc1cccc(C)c1C(=O)NCC(=O)O. The lowest BCUT2D eigenvalue weighted by molar-refractivity contribution is -0.136. The summed E-state index contributed by atoms with van der Waals surface area (Å²) in [6, 6.07) is 21.3. The number of carbonyl (C=O) groups excluding carboxylic acids is 5. The van der Waals surface area contributed by atoms with Crippen molar-refractivity contribution in [2.24, 2.45) is 0 Å². The van der Waals surface area contributed by atoms with Gasteiger partial charge in [-0.2, -0.15) is 0 Å². The maximum absolute atomic E-state index is 11.7. The topological polar surface area (TPSA) is 295 Å². The smallest absolute Gasteiger partial charge is 0.322 e. The number of amides is 5. The molecule has 0 bridgehead atoms. The van der Waals surface area contributed by atoms with E-state index >= 15 is 0 Å². The zero-order chi connectivity index (χ0) is 48.0. The van der Waals surface area contributed by atoms with Crippen LogP contribution < -0.4 is 26.6 Å². The van der Waals surface area contributed by atoms with Gasteiger partial charge in [-0.15, -0.1) is 0 Å². The highest BCUT2D eigenvalue weighted by Crippen LogP contribution is 2.19. The summed E-state index contributed by atoms with van der Waals surface area (Å²) in [7, 11) is 0. The molecule has 5 amide bonds. The lowest BCUT2D eigenvalue weighted by Gasteiger charge is -2.11. The number of carboxylic acids is 4. The van der Waals surface area contributed by atoms with E-state index in [2.05, 4.69) is 26.6 Å². The molecule has 0 aliphatic carbocycles. The molecule has 0 aliphatic rings. The molecule has 0 spiro atoms. The van der Waals surface area contributed by atoms with Crippen LogP contribution in [0.5, 0.6) is 0 Å². The number of hydrogen-bond acceptors (Lipinski definition) is 9. The second-order valence-electron chi connectivity index (χ2n) is 13.9. The van der Waals surface area contributed by atoms with E-state index in [0.29, 0.717) is 33.5 Å². The first-order valence-corrected chi connectivity index (χ1v) is 19.0. The van der Waals surface area contributed by atoms with Crippen LogP contribution in [0.4, 0.5) is 5.69 Å². The van der Waals surface area contributed by atoms with E-state index in [0.717, 1.165) is 33.4 Å². The van der Waals surface area contributed by atoms with Crippen molar-refractivity contribution in [1.82, 2.24) is 21.3 Å². The Labute approximate surface area is 364 Å². The Kier molecular flexibility index (Phi) is 22.2. The molecule has 18 nitrogen and oxygen atoms in total. The molecule has 0 saturated heterocycles. The van der Waals surface area contributed by atoms with Gasteiger partial charge in [0.25, 0.3) is 23.6 Å². The summed E-state index contributed by atoms with van der Waals surface area (Å²) in [5.41, 5.74) is 8.47. The van der Waals surface area contributed by atoms with Crippen LogP contribution in [-0.4, -0.2) is 100 Å². The largest absolute Gasteiger partial charge is 0.480 e. The van der Waals surface area contributed by atoms with E-state index in [4.69, 9.17) is 20.4 Å². The molecule has 0 saturated carbocycles. The highest BCUT2D eigenvalue weighted by Gasteiger charge is 2.15. The van der Waals surface area contributed by atoms with E-state index in [1.807, 2.05) is 84.0 Å². The Balaban J connectivity index is 0.000000421. The molecule has 0 fully saturated rings. The molecule has 0 unspecified atom stereocenters. The Morgan fingerprint density at radius 1 is 0.429 bits per heavy atom. The molecule has 0 atom stereocenters. The third kappa shape index (κ3) is 19.8. The van der Waals surface area contributed by atoms with E-state index in [9.17, 15) is 43.2 Å². The summed E-state index contributed by atoms with van der Waals surface area (Å²) in [6.07, 6.45) is 0. The van der Waals surface area contributed by atoms with Crippen LogP contribution in [0.25, 0.3) is 0 Å². The quantitative estimate of drug-likeness (QED) is 0.0915. The van der Waals surface area contributed by atoms with Gasteiger partial charge in [-0.1, -0.05) is 59.7 Å². The van der Waals surface area contributed by atoms with E-state index < -0.39 is 36.3 Å². The predicted molar refractivity (Wildman–Crippen MR) is 233 cm³/mol. The summed E-state index contributed by atoms with van der Waals surface area (Å²) in [5, 5.41) is 45.6. The van der Waals surface area contributed by atoms with Gasteiger partial charge in [0.2, 0.25) is 5.91 Å². The summed E-state index contributed by atoms with van der Waals surface area (Å²) in [5.74, 6) is -6.01. The standard InChI is InChI=1S/C12H14N2O4.3C11H13NO3/c1-7-9(12(18)13-6-11(16)17)4-3-5-10(7)14-8(2)15;1-7-3-4-9(8(2)5-7)11(15)12-6-10(13)14;1-7-3-4-8(2)9(5-7)11(15)12-6-10(13)14;1-7-4-3-5-8(2)10(7)11(15)12-6-9(13)14/h3-5H,6H2,1-2H3,(H,13,18)(H,14,15)(H,16,17);3*3-5H,6H2,1-2H3,(H,12,15)(H,13,14). The molecule has 4 aromatic carbocycles. The van der Waals surface area contributed by atoms with Gasteiger partial charge in [0, 0.05) is 34.9 Å². The first-order valence-electron chi connectivity index (χ1n) is 19.0. The van der Waals surface area contributed by atoms with E-state index in [1.165, 1.54) is 6.92 Å². The molecule has 63 heavy (non-hydrogen) atoms. The van der Waals surface area contributed by atoms with Crippen molar-refractivity contribution < 1.29 is 63.6 Å². The number of nitrogens with one attached hydrogen (secondary N) is 5. The average molecular weight is 872 g/mol. The fraction of sp³-hybridized carbons (Fsp3) is 0.267. The molecule has 336 valence electrons. The first-order chi connectivity index (χ1) is 29.4. The second-order valence-corrected chi connectivity index (χ2v) is 13.9. The Hall–Kier alpha value is -7.89. The summed E-state index contributed by atoms with van der Waals surface area (Å²) in [6.45, 7) is 12.6. The summed E-state index contributed by atoms with van der Waals surface area (Å²) < 4.78 is 0. The number of carboxylic acid groups (broad SMARTS) is 4. The molecule has 0 radical (unpaired) electrons. The monoisotopic (exact) mass is 871 g/mol. The van der Waals surface area contributed by atoms with Crippen LogP contribution in [0.2, 0.25) is 0 Å².